The van der Waals surface area contributed by atoms with Crippen molar-refractivity contribution in [1.29, 1.82) is 0 Å². The molecule has 4 nitrogen and oxygen atoms in total. The van der Waals surface area contributed by atoms with Crippen LogP contribution in [-0.4, -0.2) is 48.8 Å². The second-order valence-electron chi connectivity index (χ2n) is 4.02. The van der Waals surface area contributed by atoms with E-state index in [1.165, 1.54) is 0 Å². The van der Waals surface area contributed by atoms with Crippen LogP contribution in [0.15, 0.2) is 0 Å². The summed E-state index contributed by atoms with van der Waals surface area (Å²) < 4.78 is 0. The van der Waals surface area contributed by atoms with Crippen molar-refractivity contribution < 1.29 is 9.90 Å². The molecule has 6 heteroatoms. The predicted octanol–water partition coefficient (Wildman–Crippen LogP) is 0.640. The summed E-state index contributed by atoms with van der Waals surface area (Å²) in [5, 5.41) is 14.8. The Bertz CT molecular complexity index is 202. The summed E-state index contributed by atoms with van der Waals surface area (Å²) in [5.74, 6) is 2.26. The zero-order valence-corrected chi connectivity index (χ0v) is 11.7. The van der Waals surface area contributed by atoms with E-state index in [2.05, 4.69) is 10.6 Å². The lowest BCUT2D eigenvalue weighted by atomic mass is 9.99. The van der Waals surface area contributed by atoms with Gasteiger partial charge in [0, 0.05) is 25.4 Å². The summed E-state index contributed by atoms with van der Waals surface area (Å²) in [5.41, 5.74) is 0. The van der Waals surface area contributed by atoms with Gasteiger partial charge in [0.05, 0.1) is 5.92 Å². The van der Waals surface area contributed by atoms with Gasteiger partial charge in [-0.1, -0.05) is 0 Å². The predicted molar refractivity (Wildman–Crippen MR) is 74.9 cm³/mol. The fraction of sp³-hybridized carbons (Fsp3) is 0.909. The Morgan fingerprint density at radius 1 is 1.47 bits per heavy atom. The van der Waals surface area contributed by atoms with E-state index < -0.39 is 0 Å². The molecule has 1 fully saturated rings. The minimum Gasteiger partial charge on any atom is -0.396 e. The van der Waals surface area contributed by atoms with Crippen molar-refractivity contribution >= 4 is 30.1 Å². The van der Waals surface area contributed by atoms with Gasteiger partial charge in [-0.25, -0.2) is 0 Å². The average molecular weight is 283 g/mol. The maximum Gasteiger partial charge on any atom is 0.224 e. The fourth-order valence-electron chi connectivity index (χ4n) is 1.74. The highest BCUT2D eigenvalue weighted by Crippen LogP contribution is 2.09. The molecule has 1 heterocycles. The first-order valence-electron chi connectivity index (χ1n) is 6.01. The quantitative estimate of drug-likeness (QED) is 0.600. The molecule has 0 aromatic carbocycles. The van der Waals surface area contributed by atoms with Crippen LogP contribution in [0.3, 0.4) is 0 Å². The van der Waals surface area contributed by atoms with Gasteiger partial charge >= 0.3 is 0 Å². The van der Waals surface area contributed by atoms with Gasteiger partial charge in [0.1, 0.15) is 0 Å². The molecule has 0 saturated carbocycles. The summed E-state index contributed by atoms with van der Waals surface area (Å²) in [7, 11) is 0. The van der Waals surface area contributed by atoms with Gasteiger partial charge in [-0.3, -0.25) is 4.79 Å². The van der Waals surface area contributed by atoms with Gasteiger partial charge < -0.3 is 15.7 Å². The first-order valence-corrected chi connectivity index (χ1v) is 7.17. The molecule has 3 N–H and O–H groups in total. The Labute approximate surface area is 114 Å². The van der Waals surface area contributed by atoms with Gasteiger partial charge in [-0.15, -0.1) is 12.4 Å². The van der Waals surface area contributed by atoms with Crippen LogP contribution in [0.1, 0.15) is 19.3 Å². The molecule has 1 atom stereocenters. The Kier molecular flexibility index (Phi) is 11.2. The zero-order valence-electron chi connectivity index (χ0n) is 10.1. The third-order valence-corrected chi connectivity index (χ3v) is 3.73. The fourth-order valence-corrected chi connectivity index (χ4v) is 2.52. The second-order valence-corrected chi connectivity index (χ2v) is 5.25. The molecule has 1 saturated heterocycles. The lowest BCUT2D eigenvalue weighted by Gasteiger charge is -2.21. The minimum absolute atomic E-state index is 0. The minimum atomic E-state index is 0. The van der Waals surface area contributed by atoms with Crippen LogP contribution in [-0.2, 0) is 4.79 Å². The van der Waals surface area contributed by atoms with Crippen molar-refractivity contribution in [3.8, 4) is 0 Å². The first-order chi connectivity index (χ1) is 7.84. The average Bonchev–Trinajstić information content (AvgIpc) is 2.34. The topological polar surface area (TPSA) is 61.4 Å². The van der Waals surface area contributed by atoms with Gasteiger partial charge in [0.15, 0.2) is 0 Å². The molecule has 1 amide bonds. The summed E-state index contributed by atoms with van der Waals surface area (Å²) in [6.07, 6.45) is 2.95. The van der Waals surface area contributed by atoms with Crippen molar-refractivity contribution in [2.75, 3.05) is 37.7 Å². The molecule has 0 aliphatic carbocycles. The van der Waals surface area contributed by atoms with Crippen molar-refractivity contribution in [2.45, 2.75) is 19.3 Å². The van der Waals surface area contributed by atoms with Crippen LogP contribution < -0.4 is 10.6 Å². The zero-order chi connectivity index (χ0) is 11.6. The second kappa shape index (κ2) is 11.1. The van der Waals surface area contributed by atoms with Gasteiger partial charge in [-0.2, -0.15) is 11.8 Å². The number of nitrogens with one attached hydrogen (secondary N) is 2. The van der Waals surface area contributed by atoms with E-state index in [1.54, 1.807) is 11.8 Å². The van der Waals surface area contributed by atoms with Crippen molar-refractivity contribution in [3.05, 3.63) is 0 Å². The molecule has 0 bridgehead atoms. The molecular formula is C11H23ClN2O2S. The number of rotatable bonds is 7. The van der Waals surface area contributed by atoms with Crippen molar-refractivity contribution in [1.82, 2.24) is 10.6 Å². The molecule has 1 rings (SSSR count). The highest BCUT2D eigenvalue weighted by atomic mass is 35.5. The van der Waals surface area contributed by atoms with Crippen LogP contribution in [0.5, 0.6) is 0 Å². The van der Waals surface area contributed by atoms with E-state index in [1.807, 2.05) is 0 Å². The van der Waals surface area contributed by atoms with Gasteiger partial charge in [0.2, 0.25) is 5.91 Å². The Hall–Kier alpha value is 0.0300. The summed E-state index contributed by atoms with van der Waals surface area (Å²) in [4.78, 5) is 11.7. The van der Waals surface area contributed by atoms with Crippen LogP contribution in [0, 0.1) is 5.92 Å². The van der Waals surface area contributed by atoms with E-state index in [4.69, 9.17) is 5.11 Å². The number of halogens is 1. The van der Waals surface area contributed by atoms with Gasteiger partial charge in [-0.05, 0) is 31.6 Å². The Morgan fingerprint density at radius 3 is 2.94 bits per heavy atom. The highest BCUT2D eigenvalue weighted by molar-refractivity contribution is 7.99. The molecule has 0 aromatic rings. The standard InChI is InChI=1S/C11H22N2O2S.ClH/c14-6-2-7-16-8-5-13-11(15)10-3-1-4-12-9-10;/h10,12,14H,1-9H2,(H,13,15);1H/t10-;/m1./s1. The lowest BCUT2D eigenvalue weighted by Crippen LogP contribution is -2.41. The largest absolute Gasteiger partial charge is 0.396 e. The SMILES string of the molecule is Cl.O=C(NCCSCCCO)[C@@H]1CCCNC1. The summed E-state index contributed by atoms with van der Waals surface area (Å²) in [6.45, 7) is 2.86. The van der Waals surface area contributed by atoms with E-state index in [0.717, 1.165) is 50.4 Å². The maximum atomic E-state index is 11.7. The van der Waals surface area contributed by atoms with Gasteiger partial charge in [0.25, 0.3) is 0 Å². The third kappa shape index (κ3) is 7.86. The van der Waals surface area contributed by atoms with Crippen molar-refractivity contribution in [2.24, 2.45) is 5.92 Å². The number of piperidine rings is 1. The molecule has 0 aromatic heterocycles. The molecule has 0 radical (unpaired) electrons. The summed E-state index contributed by atoms with van der Waals surface area (Å²) >= 11 is 1.78. The van der Waals surface area contributed by atoms with E-state index >= 15 is 0 Å². The number of aliphatic hydroxyl groups is 1. The lowest BCUT2D eigenvalue weighted by molar-refractivity contribution is -0.125. The number of aliphatic hydroxyl groups excluding tert-OH is 1. The smallest absolute Gasteiger partial charge is 0.224 e. The number of amides is 1. The number of thioether (sulfide) groups is 1. The molecular weight excluding hydrogens is 260 g/mol. The molecule has 0 unspecified atom stereocenters. The van der Waals surface area contributed by atoms with Crippen LogP contribution in [0.2, 0.25) is 0 Å². The third-order valence-electron chi connectivity index (χ3n) is 2.66. The molecule has 102 valence electrons. The molecule has 0 spiro atoms. The number of carbonyl (C=O) groups excluding carboxylic acids is 1. The van der Waals surface area contributed by atoms with E-state index in [-0.39, 0.29) is 30.8 Å². The Balaban J connectivity index is 0.00000256. The highest BCUT2D eigenvalue weighted by Gasteiger charge is 2.19. The van der Waals surface area contributed by atoms with Crippen LogP contribution in [0.25, 0.3) is 0 Å². The number of hydrogen-bond acceptors (Lipinski definition) is 4. The Morgan fingerprint density at radius 2 is 2.29 bits per heavy atom. The van der Waals surface area contributed by atoms with E-state index in [0.29, 0.717) is 0 Å². The normalized spacial score (nSPS) is 19.5. The van der Waals surface area contributed by atoms with Crippen LogP contribution in [0.4, 0.5) is 0 Å². The van der Waals surface area contributed by atoms with Crippen LogP contribution >= 0.6 is 24.2 Å². The monoisotopic (exact) mass is 282 g/mol. The molecule has 17 heavy (non-hydrogen) atoms. The molecule has 1 aliphatic rings. The summed E-state index contributed by atoms with van der Waals surface area (Å²) in [6, 6.07) is 0. The van der Waals surface area contributed by atoms with Crippen molar-refractivity contribution in [3.63, 3.8) is 0 Å². The maximum absolute atomic E-state index is 11.7. The van der Waals surface area contributed by atoms with E-state index in [9.17, 15) is 4.79 Å². The number of hydrogen-bond donors (Lipinski definition) is 3. The first kappa shape index (κ1) is 17.0. The number of carbonyl (C=O) groups is 1. The molecule has 1 aliphatic heterocycles.